The van der Waals surface area contributed by atoms with E-state index >= 15 is 0 Å². The van der Waals surface area contributed by atoms with Crippen molar-refractivity contribution in [3.05, 3.63) is 28.8 Å². The Morgan fingerprint density at radius 3 is 2.50 bits per heavy atom. The first kappa shape index (κ1) is 17.2. The fraction of sp³-hybridized carbons (Fsp3) is 0.455. The van der Waals surface area contributed by atoms with E-state index in [1.54, 1.807) is 6.92 Å². The Hall–Kier alpha value is -0.830. The number of hydrogen-bond acceptors (Lipinski definition) is 3. The van der Waals surface area contributed by atoms with Crippen molar-refractivity contribution >= 4 is 21.6 Å². The molecule has 0 fully saturated rings. The van der Waals surface area contributed by atoms with Gasteiger partial charge in [-0.1, -0.05) is 11.6 Å². The monoisotopic (exact) mass is 331 g/mol. The Kier molecular flexibility index (Phi) is 5.42. The molecule has 0 radical (unpaired) electrons. The van der Waals surface area contributed by atoms with Crippen LogP contribution in [0, 0.1) is 0 Å². The average molecular weight is 332 g/mol. The van der Waals surface area contributed by atoms with Crippen molar-refractivity contribution in [3.8, 4) is 0 Å². The highest BCUT2D eigenvalue weighted by Crippen LogP contribution is 2.35. The summed E-state index contributed by atoms with van der Waals surface area (Å²) in [5.41, 5.74) is -1.19. The van der Waals surface area contributed by atoms with Crippen LogP contribution in [0.1, 0.15) is 12.5 Å². The van der Waals surface area contributed by atoms with E-state index in [9.17, 15) is 21.6 Å². The molecule has 20 heavy (non-hydrogen) atoms. The first-order chi connectivity index (χ1) is 9.08. The maximum atomic E-state index is 12.7. The summed E-state index contributed by atoms with van der Waals surface area (Å²) in [4.78, 5) is -0.502. The van der Waals surface area contributed by atoms with Crippen LogP contribution in [0.15, 0.2) is 23.1 Å². The third-order valence-electron chi connectivity index (χ3n) is 2.52. The standard InChI is InChI=1S/C11H13ClF3NO3S/c1-7(19-2)6-16-20(17,18)8-3-4-10(12)9(5-8)11(13,14)15/h3-5,7,16H,6H2,1-2H3. The van der Waals surface area contributed by atoms with Crippen LogP contribution in [-0.4, -0.2) is 28.2 Å². The van der Waals surface area contributed by atoms with Crippen molar-refractivity contribution in [2.24, 2.45) is 0 Å². The number of ether oxygens (including phenoxy) is 1. The second kappa shape index (κ2) is 6.30. The third kappa shape index (κ3) is 4.34. The Bertz CT molecular complexity index is 575. The molecule has 1 N–H and O–H groups in total. The van der Waals surface area contributed by atoms with Gasteiger partial charge in [0.15, 0.2) is 0 Å². The zero-order chi connectivity index (χ0) is 15.6. The molecule has 4 nitrogen and oxygen atoms in total. The molecule has 1 unspecified atom stereocenters. The van der Waals surface area contributed by atoms with Crippen LogP contribution >= 0.6 is 11.6 Å². The average Bonchev–Trinajstić information content (AvgIpc) is 2.34. The predicted octanol–water partition coefficient (Wildman–Crippen LogP) is 2.67. The van der Waals surface area contributed by atoms with Crippen LogP contribution in [0.25, 0.3) is 0 Å². The SMILES string of the molecule is COC(C)CNS(=O)(=O)c1ccc(Cl)c(C(F)(F)F)c1. The van der Waals surface area contributed by atoms with E-state index in [1.165, 1.54) is 7.11 Å². The first-order valence-electron chi connectivity index (χ1n) is 5.47. The summed E-state index contributed by atoms with van der Waals surface area (Å²) >= 11 is 5.43. The van der Waals surface area contributed by atoms with Gasteiger partial charge in [0.2, 0.25) is 10.0 Å². The van der Waals surface area contributed by atoms with Crippen LogP contribution in [0.2, 0.25) is 5.02 Å². The van der Waals surface area contributed by atoms with Gasteiger partial charge in [-0.15, -0.1) is 0 Å². The van der Waals surface area contributed by atoms with Crippen molar-refractivity contribution in [2.45, 2.75) is 24.1 Å². The second-order valence-electron chi connectivity index (χ2n) is 4.04. The van der Waals surface area contributed by atoms with Gasteiger partial charge < -0.3 is 4.74 Å². The quantitative estimate of drug-likeness (QED) is 0.902. The molecule has 0 aliphatic rings. The Balaban J connectivity index is 3.08. The number of sulfonamides is 1. The van der Waals surface area contributed by atoms with Crippen molar-refractivity contribution in [1.82, 2.24) is 4.72 Å². The molecule has 0 aliphatic heterocycles. The lowest BCUT2D eigenvalue weighted by molar-refractivity contribution is -0.137. The number of alkyl halides is 3. The number of methoxy groups -OCH3 is 1. The van der Waals surface area contributed by atoms with Crippen LogP contribution in [0.3, 0.4) is 0 Å². The number of nitrogens with one attached hydrogen (secondary N) is 1. The number of hydrogen-bond donors (Lipinski definition) is 1. The van der Waals surface area contributed by atoms with E-state index in [0.717, 1.165) is 12.1 Å². The van der Waals surface area contributed by atoms with Gasteiger partial charge >= 0.3 is 6.18 Å². The van der Waals surface area contributed by atoms with Crippen LogP contribution in [-0.2, 0) is 20.9 Å². The first-order valence-corrected chi connectivity index (χ1v) is 7.33. The number of benzene rings is 1. The molecule has 0 aromatic heterocycles. The van der Waals surface area contributed by atoms with Gasteiger partial charge in [0.05, 0.1) is 21.6 Å². The van der Waals surface area contributed by atoms with E-state index in [1.807, 2.05) is 0 Å². The Morgan fingerprint density at radius 2 is 2.00 bits per heavy atom. The molecule has 0 saturated carbocycles. The minimum Gasteiger partial charge on any atom is -0.380 e. The highest BCUT2D eigenvalue weighted by molar-refractivity contribution is 7.89. The molecule has 0 saturated heterocycles. The molecule has 0 heterocycles. The molecule has 1 aromatic rings. The van der Waals surface area contributed by atoms with Gasteiger partial charge in [0, 0.05) is 13.7 Å². The predicted molar refractivity (Wildman–Crippen MR) is 68.1 cm³/mol. The molecule has 1 aromatic carbocycles. The van der Waals surface area contributed by atoms with Gasteiger partial charge in [0.25, 0.3) is 0 Å². The van der Waals surface area contributed by atoms with Crippen molar-refractivity contribution in [1.29, 1.82) is 0 Å². The van der Waals surface area contributed by atoms with Gasteiger partial charge in [-0.3, -0.25) is 0 Å². The lowest BCUT2D eigenvalue weighted by Crippen LogP contribution is -2.31. The minimum atomic E-state index is -4.72. The lowest BCUT2D eigenvalue weighted by atomic mass is 10.2. The van der Waals surface area contributed by atoms with E-state index < -0.39 is 37.8 Å². The molecular formula is C11H13ClF3NO3S. The second-order valence-corrected chi connectivity index (χ2v) is 6.21. The molecular weight excluding hydrogens is 319 g/mol. The molecule has 9 heteroatoms. The molecule has 1 atom stereocenters. The lowest BCUT2D eigenvalue weighted by Gasteiger charge is -2.13. The van der Waals surface area contributed by atoms with Gasteiger partial charge in [-0.05, 0) is 25.1 Å². The van der Waals surface area contributed by atoms with E-state index in [4.69, 9.17) is 16.3 Å². The molecule has 0 bridgehead atoms. The van der Waals surface area contributed by atoms with E-state index in [0.29, 0.717) is 6.07 Å². The van der Waals surface area contributed by atoms with Crippen LogP contribution in [0.4, 0.5) is 13.2 Å². The maximum absolute atomic E-state index is 12.7. The summed E-state index contributed by atoms with van der Waals surface area (Å²) in [5, 5.41) is -0.554. The largest absolute Gasteiger partial charge is 0.417 e. The topological polar surface area (TPSA) is 55.4 Å². The van der Waals surface area contributed by atoms with Crippen molar-refractivity contribution in [2.75, 3.05) is 13.7 Å². The summed E-state index contributed by atoms with van der Waals surface area (Å²) < 4.78 is 68.7. The number of rotatable bonds is 5. The molecule has 114 valence electrons. The zero-order valence-electron chi connectivity index (χ0n) is 10.7. The summed E-state index contributed by atoms with van der Waals surface area (Å²) in [7, 11) is -2.66. The highest BCUT2D eigenvalue weighted by atomic mass is 35.5. The van der Waals surface area contributed by atoms with Gasteiger partial charge in [0.1, 0.15) is 0 Å². The van der Waals surface area contributed by atoms with Crippen LogP contribution in [0.5, 0.6) is 0 Å². The van der Waals surface area contributed by atoms with E-state index in [-0.39, 0.29) is 6.54 Å². The summed E-state index contributed by atoms with van der Waals surface area (Å²) in [6.07, 6.45) is -5.12. The molecule has 1 rings (SSSR count). The molecule has 0 aliphatic carbocycles. The summed E-state index contributed by atoms with van der Waals surface area (Å²) in [6, 6.07) is 2.41. The van der Waals surface area contributed by atoms with Gasteiger partial charge in [-0.2, -0.15) is 13.2 Å². The Labute approximate surface area is 119 Å². The van der Waals surface area contributed by atoms with Gasteiger partial charge in [-0.25, -0.2) is 13.1 Å². The number of halogens is 4. The zero-order valence-corrected chi connectivity index (χ0v) is 12.2. The maximum Gasteiger partial charge on any atom is 0.417 e. The van der Waals surface area contributed by atoms with E-state index in [2.05, 4.69) is 4.72 Å². The summed E-state index contributed by atoms with van der Waals surface area (Å²) in [5.74, 6) is 0. The fourth-order valence-corrected chi connectivity index (χ4v) is 2.65. The van der Waals surface area contributed by atoms with Crippen LogP contribution < -0.4 is 4.72 Å². The summed E-state index contributed by atoms with van der Waals surface area (Å²) in [6.45, 7) is 1.56. The van der Waals surface area contributed by atoms with Crippen molar-refractivity contribution in [3.63, 3.8) is 0 Å². The molecule has 0 amide bonds. The van der Waals surface area contributed by atoms with Crippen molar-refractivity contribution < 1.29 is 26.3 Å². The highest BCUT2D eigenvalue weighted by Gasteiger charge is 2.34. The molecule has 0 spiro atoms. The normalized spacial score (nSPS) is 14.3. The third-order valence-corrected chi connectivity index (χ3v) is 4.27. The Morgan fingerprint density at radius 1 is 1.40 bits per heavy atom. The minimum absolute atomic E-state index is 0.0528. The smallest absolute Gasteiger partial charge is 0.380 e. The fourth-order valence-electron chi connectivity index (χ4n) is 1.28.